The topological polar surface area (TPSA) is 164 Å². The van der Waals surface area contributed by atoms with Crippen molar-refractivity contribution in [1.29, 1.82) is 0 Å². The number of aromatic nitrogens is 12. The van der Waals surface area contributed by atoms with Crippen LogP contribution < -0.4 is 4.74 Å². The third-order valence-corrected chi connectivity index (χ3v) is 14.8. The Bertz CT molecular complexity index is 3070. The van der Waals surface area contributed by atoms with E-state index < -0.39 is 29.2 Å². The lowest BCUT2D eigenvalue weighted by molar-refractivity contribution is 0.415. The van der Waals surface area contributed by atoms with Crippen LogP contribution in [0.5, 0.6) is 5.75 Å². The lowest BCUT2D eigenvalue weighted by atomic mass is 10.2. The number of nitrogens with zero attached hydrogens (tertiary/aromatic N) is 12. The maximum atomic E-state index is 5.83. The summed E-state index contributed by atoms with van der Waals surface area (Å²) in [4.78, 5) is 49.2. The van der Waals surface area contributed by atoms with E-state index in [9.17, 15) is 0 Å². The van der Waals surface area contributed by atoms with E-state index in [1.54, 1.807) is 67.8 Å². The van der Waals surface area contributed by atoms with Gasteiger partial charge in [-0.15, -0.1) is 0 Å². The molecule has 13 nitrogen and oxygen atoms in total. The average Bonchev–Trinajstić information content (AvgIpc) is 3.34. The standard InChI is InChI=1S/C12H7Cl6N3O.C11H4Cl7N3.C11H5Cl6N3.C6Br9N3/c1-22-7-4-2-6(3-5-7)8-19-9(11(13,14)15)21-10(20-8)12(16,17)18;12-6-3-1-5(2-4-6)7-19-8(10(13,14)15)21-9(20-7)11(16,17)18;12-10(13,14)8-18-7(6-4-2-1-3-5-6)19-9(20-8)11(15,16)17;7-4(8,9)1-16-2(5(10,11)12)18-3(17-1)6(13,14)15/h2-5H,1H3;1-4H;1-5H;. The van der Waals surface area contributed by atoms with Crippen LogP contribution in [0.25, 0.3) is 34.2 Å². The van der Waals surface area contributed by atoms with Gasteiger partial charge in [0.05, 0.1) is 7.11 Å². The third kappa shape index (κ3) is 25.4. The summed E-state index contributed by atoms with van der Waals surface area (Å²) in [5.74, 6) is 1.89. The maximum absolute atomic E-state index is 5.83. The van der Waals surface area contributed by atoms with Crippen LogP contribution in [0.15, 0.2) is 78.9 Å². The molecule has 0 N–H and O–H groups in total. The van der Waals surface area contributed by atoms with Crippen molar-refractivity contribution in [3.05, 3.63) is 136 Å². The molecule has 0 aliphatic carbocycles. The van der Waals surface area contributed by atoms with Crippen molar-refractivity contribution in [3.63, 3.8) is 0 Å². The molecule has 0 saturated carbocycles. The Morgan fingerprint density at radius 1 is 0.284 bits per heavy atom. The second-order valence-corrected chi connectivity index (χ2v) is 48.7. The van der Waals surface area contributed by atoms with Gasteiger partial charge in [0, 0.05) is 21.7 Å². The van der Waals surface area contributed by atoms with Crippen LogP contribution >= 0.6 is 364 Å². The molecular weight excluding hydrogens is 2060 g/mol. The summed E-state index contributed by atoms with van der Waals surface area (Å²) in [5.41, 5.74) is 1.91. The molecule has 4 aromatic heterocycles. The van der Waals surface area contributed by atoms with Crippen molar-refractivity contribution < 1.29 is 4.74 Å². The first kappa shape index (κ1) is 76.8. The zero-order valence-electron chi connectivity index (χ0n) is 37.9. The molecule has 0 spiro atoms. The highest BCUT2D eigenvalue weighted by molar-refractivity contribution is 9.39. The minimum Gasteiger partial charge on any atom is -0.497 e. The van der Waals surface area contributed by atoms with Crippen LogP contribution in [0.2, 0.25) is 5.02 Å². The van der Waals surface area contributed by atoms with Gasteiger partial charge in [-0.1, -0.05) is 394 Å². The van der Waals surface area contributed by atoms with Gasteiger partial charge in [0.25, 0.3) is 0 Å². The second kappa shape index (κ2) is 31.3. The minimum atomic E-state index is -1.88. The lowest BCUT2D eigenvalue weighted by Crippen LogP contribution is -2.19. The highest BCUT2D eigenvalue weighted by Gasteiger charge is 2.38. The first-order chi connectivity index (χ1) is 36.7. The predicted molar refractivity (Wildman–Crippen MR) is 368 cm³/mol. The number of benzene rings is 3. The van der Waals surface area contributed by atoms with E-state index in [0.29, 0.717) is 44.9 Å². The molecule has 438 valence electrons. The largest absolute Gasteiger partial charge is 0.497 e. The lowest BCUT2D eigenvalue weighted by Gasteiger charge is -2.19. The number of alkyl halides is 27. The minimum absolute atomic E-state index is 0.113. The zero-order valence-corrected chi connectivity index (χ0v) is 66.5. The van der Waals surface area contributed by atoms with Gasteiger partial charge in [0.1, 0.15) is 5.75 Å². The van der Waals surface area contributed by atoms with E-state index in [4.69, 9.17) is 225 Å². The summed E-state index contributed by atoms with van der Waals surface area (Å²) in [5, 5.41) is 0.552. The van der Waals surface area contributed by atoms with E-state index in [1.165, 1.54) is 0 Å². The van der Waals surface area contributed by atoms with Gasteiger partial charge < -0.3 is 4.74 Å². The van der Waals surface area contributed by atoms with Gasteiger partial charge in [-0.2, -0.15) is 0 Å². The molecule has 0 fully saturated rings. The Kier molecular flexibility index (Phi) is 29.7. The van der Waals surface area contributed by atoms with E-state index in [2.05, 4.69) is 203 Å². The van der Waals surface area contributed by atoms with Crippen molar-refractivity contribution in [2.75, 3.05) is 7.11 Å². The van der Waals surface area contributed by atoms with Gasteiger partial charge in [-0.25, -0.2) is 59.8 Å². The SMILES string of the molecule is BrC(Br)(Br)c1nc(C(Br)(Br)Br)nc(C(Br)(Br)Br)n1.COc1ccc(-c2nc(C(Cl)(Cl)Cl)nc(C(Cl)(Cl)Cl)n2)cc1.ClC(Cl)(Cl)c1nc(-c2ccccc2)nc(C(Cl)(Cl)Cl)n1.Clc1ccc(-c2nc(C(Cl)(Cl)Cl)nc(C(Cl)(Cl)Cl)n2)cc1. The molecule has 41 heteroatoms. The quantitative estimate of drug-likeness (QED) is 0.153. The molecule has 0 bridgehead atoms. The highest BCUT2D eigenvalue weighted by Crippen LogP contribution is 2.50. The molecule has 7 rings (SSSR count). The summed E-state index contributed by atoms with van der Waals surface area (Å²) < 4.78 is -8.36. The van der Waals surface area contributed by atoms with Crippen LogP contribution in [0.4, 0.5) is 0 Å². The average molecular weight is 2070 g/mol. The number of hydrogen-bond donors (Lipinski definition) is 0. The maximum Gasteiger partial charge on any atom is 0.250 e. The summed E-state index contributed by atoms with van der Waals surface area (Å²) in [6.45, 7) is 0. The number of methoxy groups -OCH3 is 1. The Balaban J connectivity index is 0.000000233. The first-order valence-corrected chi connectivity index (χ1v) is 34.1. The van der Waals surface area contributed by atoms with Crippen LogP contribution in [-0.4, -0.2) is 66.9 Å². The molecule has 0 aliphatic rings. The molecule has 0 unspecified atom stereocenters. The molecule has 3 aromatic carbocycles. The zero-order chi connectivity index (χ0) is 61.7. The number of hydrogen-bond acceptors (Lipinski definition) is 13. The fourth-order valence-corrected chi connectivity index (χ4v) is 8.20. The van der Waals surface area contributed by atoms with Gasteiger partial charge in [-0.05, 0) is 48.5 Å². The first-order valence-electron chi connectivity index (χ1n) is 19.8. The monoisotopic (exact) mass is 2050 g/mol. The smallest absolute Gasteiger partial charge is 0.250 e. The second-order valence-electron chi connectivity index (χ2n) is 14.3. The van der Waals surface area contributed by atoms with Crippen LogP contribution in [-0.2, 0) is 29.2 Å². The van der Waals surface area contributed by atoms with E-state index in [1.807, 2.05) is 18.2 Å². The predicted octanol–water partition coefficient (Wildman–Crippen LogP) is 23.0. The molecule has 0 saturated heterocycles. The molecule has 0 amide bonds. The fourth-order valence-electron chi connectivity index (χ4n) is 4.96. The molecule has 0 atom stereocenters. The summed E-state index contributed by atoms with van der Waals surface area (Å²) in [7, 11) is 1.56. The fraction of sp³-hybridized carbons (Fsp3) is 0.250. The van der Waals surface area contributed by atoms with Crippen molar-refractivity contribution in [1.82, 2.24) is 59.8 Å². The molecule has 4 heterocycles. The van der Waals surface area contributed by atoms with Crippen molar-refractivity contribution in [2.24, 2.45) is 0 Å². The molecule has 0 radical (unpaired) electrons. The van der Waals surface area contributed by atoms with E-state index in [-0.39, 0.29) is 52.4 Å². The van der Waals surface area contributed by atoms with Gasteiger partial charge in [-0.3, -0.25) is 0 Å². The Hall–Kier alpha value is 3.33. The van der Waals surface area contributed by atoms with Gasteiger partial charge in [0.15, 0.2) is 76.3 Å². The number of halogens is 28. The number of ether oxygens (including phenoxy) is 1. The molecule has 7 aromatic rings. The summed E-state index contributed by atoms with van der Waals surface area (Å²) in [6.07, 6.45) is 0. The third-order valence-electron chi connectivity index (χ3n) is 8.31. The Morgan fingerprint density at radius 2 is 0.494 bits per heavy atom. The number of rotatable bonds is 4. The van der Waals surface area contributed by atoms with Crippen molar-refractivity contribution in [3.8, 4) is 39.9 Å². The van der Waals surface area contributed by atoms with E-state index >= 15 is 0 Å². The van der Waals surface area contributed by atoms with Crippen LogP contribution in [0.1, 0.15) is 52.4 Å². The molecule has 81 heavy (non-hydrogen) atoms. The van der Waals surface area contributed by atoms with Crippen molar-refractivity contribution >= 4 is 364 Å². The van der Waals surface area contributed by atoms with Gasteiger partial charge >= 0.3 is 0 Å². The molecular formula is C40H16Br9Cl19N12O. The molecule has 0 aliphatic heterocycles. The Morgan fingerprint density at radius 3 is 0.704 bits per heavy atom. The van der Waals surface area contributed by atoms with E-state index in [0.717, 1.165) is 0 Å². The van der Waals surface area contributed by atoms with Crippen LogP contribution in [0.3, 0.4) is 0 Å². The Labute approximate surface area is 631 Å². The summed E-state index contributed by atoms with van der Waals surface area (Å²) >= 11 is 141. The van der Waals surface area contributed by atoms with Crippen LogP contribution in [0, 0.1) is 0 Å². The van der Waals surface area contributed by atoms with Crippen molar-refractivity contribution in [2.45, 2.75) is 29.2 Å². The van der Waals surface area contributed by atoms with Gasteiger partial charge in [0.2, 0.25) is 22.8 Å². The normalized spacial score (nSPS) is 12.8. The highest BCUT2D eigenvalue weighted by atomic mass is 80.0. The summed E-state index contributed by atoms with van der Waals surface area (Å²) in [6, 6.07) is 22.6.